The number of piperazine rings is 1. The molecular weight excluding hydrogens is 292 g/mol. The number of rotatable bonds is 6. The van der Waals surface area contributed by atoms with E-state index in [-0.39, 0.29) is 11.9 Å². The van der Waals surface area contributed by atoms with E-state index in [2.05, 4.69) is 26.4 Å². The number of aryl methyl sites for hydroxylation is 1. The van der Waals surface area contributed by atoms with E-state index < -0.39 is 5.66 Å². The molecule has 1 unspecified atom stereocenters. The number of terminal acetylenes is 1. The third kappa shape index (κ3) is 3.42. The quantitative estimate of drug-likeness (QED) is 0.803. The summed E-state index contributed by atoms with van der Waals surface area (Å²) in [5, 5.41) is 11.5. The minimum Gasteiger partial charge on any atom is -0.336 e. The normalized spacial score (nSPS) is 21.9. The fourth-order valence-corrected chi connectivity index (χ4v) is 3.05. The molecule has 1 fully saturated rings. The van der Waals surface area contributed by atoms with Crippen molar-refractivity contribution in [1.29, 1.82) is 0 Å². The zero-order chi connectivity index (χ0) is 16.3. The molecule has 1 N–H and O–H groups in total. The van der Waals surface area contributed by atoms with Gasteiger partial charge in [-0.15, -0.1) is 12.3 Å². The molecule has 7 heteroatoms. The molecule has 1 atom stereocenters. The SMILES string of the molecule is C#CCCC1(CCC(=O)N2CCNCC2c2nccn2C)N=N1. The van der Waals surface area contributed by atoms with Crippen LogP contribution in [-0.4, -0.2) is 45.7 Å². The number of nitrogens with one attached hydrogen (secondary N) is 1. The fraction of sp³-hybridized carbons (Fsp3) is 0.625. The Bertz CT molecular complexity index is 637. The van der Waals surface area contributed by atoms with Crippen LogP contribution in [0.4, 0.5) is 0 Å². The summed E-state index contributed by atoms with van der Waals surface area (Å²) < 4.78 is 1.97. The van der Waals surface area contributed by atoms with E-state index in [1.807, 2.05) is 22.7 Å². The second-order valence-electron chi connectivity index (χ2n) is 6.09. The first-order valence-electron chi connectivity index (χ1n) is 8.00. The van der Waals surface area contributed by atoms with Gasteiger partial charge in [-0.25, -0.2) is 4.98 Å². The average Bonchev–Trinajstić information content (AvgIpc) is 3.23. The van der Waals surface area contributed by atoms with Crippen LogP contribution >= 0.6 is 0 Å². The minimum atomic E-state index is -0.394. The number of hydrogen-bond donors (Lipinski definition) is 1. The lowest BCUT2D eigenvalue weighted by Crippen LogP contribution is -2.49. The van der Waals surface area contributed by atoms with Gasteiger partial charge < -0.3 is 14.8 Å². The molecule has 3 heterocycles. The molecule has 0 spiro atoms. The van der Waals surface area contributed by atoms with E-state index in [9.17, 15) is 4.79 Å². The van der Waals surface area contributed by atoms with Crippen molar-refractivity contribution in [3.05, 3.63) is 18.2 Å². The standard InChI is InChI=1S/C16H22N6O/c1-3-4-6-16(19-20-16)7-5-14(23)22-11-8-17-12-13(22)15-18-9-10-21(15)2/h1,9-10,13,17H,4-8,11-12H2,2H3. The number of hydrogen-bond acceptors (Lipinski definition) is 5. The van der Waals surface area contributed by atoms with E-state index >= 15 is 0 Å². The second kappa shape index (κ2) is 6.50. The van der Waals surface area contributed by atoms with Gasteiger partial charge in [-0.05, 0) is 0 Å². The van der Waals surface area contributed by atoms with E-state index in [0.717, 1.165) is 25.3 Å². The van der Waals surface area contributed by atoms with Gasteiger partial charge in [-0.2, -0.15) is 10.2 Å². The average molecular weight is 314 g/mol. The van der Waals surface area contributed by atoms with Crippen LogP contribution in [0.25, 0.3) is 0 Å². The zero-order valence-corrected chi connectivity index (χ0v) is 13.4. The molecule has 1 saturated heterocycles. The first-order chi connectivity index (χ1) is 11.2. The summed E-state index contributed by atoms with van der Waals surface area (Å²) in [5.41, 5.74) is -0.394. The summed E-state index contributed by atoms with van der Waals surface area (Å²) in [7, 11) is 1.95. The number of aromatic nitrogens is 2. The van der Waals surface area contributed by atoms with Gasteiger partial charge in [0, 0.05) is 64.8 Å². The number of imidazole rings is 1. The summed E-state index contributed by atoms with van der Waals surface area (Å²) in [6, 6.07) is -0.0222. The summed E-state index contributed by atoms with van der Waals surface area (Å²) in [4.78, 5) is 19.0. The lowest BCUT2D eigenvalue weighted by molar-refractivity contribution is -0.135. The molecule has 2 aliphatic heterocycles. The highest BCUT2D eigenvalue weighted by Crippen LogP contribution is 2.38. The topological polar surface area (TPSA) is 74.9 Å². The van der Waals surface area contributed by atoms with Crippen molar-refractivity contribution in [3.63, 3.8) is 0 Å². The summed E-state index contributed by atoms with van der Waals surface area (Å²) in [5.74, 6) is 3.66. The van der Waals surface area contributed by atoms with E-state index in [1.54, 1.807) is 6.20 Å². The largest absolute Gasteiger partial charge is 0.336 e. The van der Waals surface area contributed by atoms with Crippen molar-refractivity contribution in [1.82, 2.24) is 19.8 Å². The molecule has 23 heavy (non-hydrogen) atoms. The number of nitrogens with zero attached hydrogens (tertiary/aromatic N) is 5. The van der Waals surface area contributed by atoms with Crippen molar-refractivity contribution in [2.75, 3.05) is 19.6 Å². The first-order valence-corrected chi connectivity index (χ1v) is 8.00. The Morgan fingerprint density at radius 2 is 2.35 bits per heavy atom. The highest BCUT2D eigenvalue weighted by atomic mass is 16.2. The zero-order valence-electron chi connectivity index (χ0n) is 13.4. The maximum absolute atomic E-state index is 12.7. The van der Waals surface area contributed by atoms with Gasteiger partial charge in [0.05, 0.1) is 0 Å². The monoisotopic (exact) mass is 314 g/mol. The number of carbonyl (C=O) groups excluding carboxylic acids is 1. The highest BCUT2D eigenvalue weighted by molar-refractivity contribution is 5.77. The van der Waals surface area contributed by atoms with E-state index in [4.69, 9.17) is 6.42 Å². The molecule has 1 aromatic rings. The van der Waals surface area contributed by atoms with Crippen LogP contribution in [0.1, 0.15) is 37.5 Å². The van der Waals surface area contributed by atoms with Crippen LogP contribution in [-0.2, 0) is 11.8 Å². The Morgan fingerprint density at radius 1 is 1.52 bits per heavy atom. The van der Waals surface area contributed by atoms with Gasteiger partial charge in [0.1, 0.15) is 11.9 Å². The molecule has 2 aliphatic rings. The lowest BCUT2D eigenvalue weighted by Gasteiger charge is -2.36. The molecule has 0 saturated carbocycles. The Hall–Kier alpha value is -2.20. The van der Waals surface area contributed by atoms with Gasteiger partial charge in [0.15, 0.2) is 5.66 Å². The van der Waals surface area contributed by atoms with Crippen LogP contribution < -0.4 is 5.32 Å². The van der Waals surface area contributed by atoms with Crippen LogP contribution in [0, 0.1) is 12.3 Å². The van der Waals surface area contributed by atoms with Crippen LogP contribution in [0.5, 0.6) is 0 Å². The van der Waals surface area contributed by atoms with Crippen molar-refractivity contribution >= 4 is 5.91 Å². The summed E-state index contributed by atoms with van der Waals surface area (Å²) in [6.45, 7) is 2.24. The van der Waals surface area contributed by atoms with Gasteiger partial charge in [-0.1, -0.05) is 0 Å². The Kier molecular flexibility index (Phi) is 4.44. The number of amides is 1. The Balaban J connectivity index is 1.61. The third-order valence-corrected chi connectivity index (χ3v) is 4.51. The maximum atomic E-state index is 12.7. The Labute approximate surface area is 136 Å². The molecule has 0 radical (unpaired) electrons. The van der Waals surface area contributed by atoms with E-state index in [1.165, 1.54) is 0 Å². The van der Waals surface area contributed by atoms with Gasteiger partial charge >= 0.3 is 0 Å². The van der Waals surface area contributed by atoms with Gasteiger partial charge in [0.25, 0.3) is 0 Å². The molecule has 0 aliphatic carbocycles. The minimum absolute atomic E-state index is 0.0222. The molecule has 1 amide bonds. The van der Waals surface area contributed by atoms with Crippen LogP contribution in [0.2, 0.25) is 0 Å². The number of carbonyl (C=O) groups is 1. The second-order valence-corrected chi connectivity index (χ2v) is 6.09. The molecule has 1 aromatic heterocycles. The van der Waals surface area contributed by atoms with E-state index in [0.29, 0.717) is 25.8 Å². The molecule has 7 nitrogen and oxygen atoms in total. The molecular formula is C16H22N6O. The molecule has 122 valence electrons. The third-order valence-electron chi connectivity index (χ3n) is 4.51. The smallest absolute Gasteiger partial charge is 0.223 e. The molecule has 3 rings (SSSR count). The Morgan fingerprint density at radius 3 is 3.00 bits per heavy atom. The summed E-state index contributed by atoms with van der Waals surface area (Å²) in [6.07, 6.45) is 11.4. The predicted octanol–water partition coefficient (Wildman–Crippen LogP) is 1.25. The van der Waals surface area contributed by atoms with Crippen molar-refractivity contribution < 1.29 is 4.79 Å². The van der Waals surface area contributed by atoms with Crippen LogP contribution in [0.15, 0.2) is 22.6 Å². The predicted molar refractivity (Wildman–Crippen MR) is 85.4 cm³/mol. The van der Waals surface area contributed by atoms with Gasteiger partial charge in [0.2, 0.25) is 5.91 Å². The van der Waals surface area contributed by atoms with Crippen molar-refractivity contribution in [2.45, 2.75) is 37.4 Å². The van der Waals surface area contributed by atoms with Gasteiger partial charge in [-0.3, -0.25) is 4.79 Å². The molecule has 0 aromatic carbocycles. The fourth-order valence-electron chi connectivity index (χ4n) is 3.05. The molecule has 0 bridgehead atoms. The highest BCUT2D eigenvalue weighted by Gasteiger charge is 2.40. The summed E-state index contributed by atoms with van der Waals surface area (Å²) >= 11 is 0. The first kappa shape index (κ1) is 15.7. The van der Waals surface area contributed by atoms with Crippen molar-refractivity contribution in [3.8, 4) is 12.3 Å². The van der Waals surface area contributed by atoms with Crippen LogP contribution in [0.3, 0.4) is 0 Å². The van der Waals surface area contributed by atoms with Crippen molar-refractivity contribution in [2.24, 2.45) is 17.3 Å². The lowest BCUT2D eigenvalue weighted by atomic mass is 10.0. The maximum Gasteiger partial charge on any atom is 0.223 e.